The maximum atomic E-state index is 11.6. The third kappa shape index (κ3) is 1.54. The molecule has 2 amide bonds. The number of imide groups is 1. The molecule has 80 valence electrons. The van der Waals surface area contributed by atoms with Crippen LogP contribution in [0.4, 0.5) is 5.69 Å². The van der Waals surface area contributed by atoms with Gasteiger partial charge in [0.05, 0.1) is 12.1 Å². The van der Waals surface area contributed by atoms with E-state index in [0.717, 1.165) is 4.90 Å². The first kappa shape index (κ1) is 10.3. The Kier molecular flexibility index (Phi) is 2.40. The van der Waals surface area contributed by atoms with Crippen LogP contribution in [0.1, 0.15) is 16.8 Å². The summed E-state index contributed by atoms with van der Waals surface area (Å²) in [6, 6.07) is 6.25. The molecule has 1 aliphatic rings. The van der Waals surface area contributed by atoms with E-state index in [2.05, 4.69) is 6.58 Å². The second-order valence-electron chi connectivity index (χ2n) is 3.52. The smallest absolute Gasteiger partial charge is 0.260 e. The molecule has 0 unspecified atom stereocenters. The molecular formula is C12H9NO3. The van der Waals surface area contributed by atoms with Gasteiger partial charge in [-0.15, -0.1) is 0 Å². The van der Waals surface area contributed by atoms with E-state index in [4.69, 9.17) is 0 Å². The van der Waals surface area contributed by atoms with Crippen molar-refractivity contribution in [1.29, 1.82) is 0 Å². The largest absolute Gasteiger partial charge is 0.298 e. The van der Waals surface area contributed by atoms with Gasteiger partial charge < -0.3 is 0 Å². The normalized spacial score (nSPS) is 15.8. The molecule has 0 saturated carbocycles. The van der Waals surface area contributed by atoms with Gasteiger partial charge >= 0.3 is 0 Å². The average molecular weight is 215 g/mol. The van der Waals surface area contributed by atoms with Gasteiger partial charge in [-0.25, -0.2) is 4.90 Å². The van der Waals surface area contributed by atoms with Crippen LogP contribution < -0.4 is 4.90 Å². The van der Waals surface area contributed by atoms with E-state index in [1.54, 1.807) is 24.3 Å². The van der Waals surface area contributed by atoms with Gasteiger partial charge in [0.2, 0.25) is 5.91 Å². The highest BCUT2D eigenvalue weighted by atomic mass is 16.2. The van der Waals surface area contributed by atoms with Gasteiger partial charge in [0, 0.05) is 11.1 Å². The Morgan fingerprint density at radius 2 is 1.81 bits per heavy atom. The fourth-order valence-electron chi connectivity index (χ4n) is 1.57. The maximum absolute atomic E-state index is 11.6. The summed E-state index contributed by atoms with van der Waals surface area (Å²) in [5.74, 6) is -0.655. The molecule has 0 bridgehead atoms. The summed E-state index contributed by atoms with van der Waals surface area (Å²) in [6.07, 6.45) is 0.768. The number of hydrogen-bond acceptors (Lipinski definition) is 3. The van der Waals surface area contributed by atoms with Crippen LogP contribution in [0.5, 0.6) is 0 Å². The second-order valence-corrected chi connectivity index (χ2v) is 3.52. The lowest BCUT2D eigenvalue weighted by Crippen LogP contribution is -2.28. The Labute approximate surface area is 92.2 Å². The maximum Gasteiger partial charge on any atom is 0.260 e. The predicted molar refractivity (Wildman–Crippen MR) is 58.1 cm³/mol. The average Bonchev–Trinajstić information content (AvgIpc) is 2.54. The lowest BCUT2D eigenvalue weighted by molar-refractivity contribution is -0.120. The number of anilines is 1. The fourth-order valence-corrected chi connectivity index (χ4v) is 1.57. The van der Waals surface area contributed by atoms with Crippen LogP contribution >= 0.6 is 0 Å². The number of aldehydes is 1. The first-order valence-corrected chi connectivity index (χ1v) is 4.74. The molecule has 0 aromatic heterocycles. The molecule has 0 N–H and O–H groups in total. The quantitative estimate of drug-likeness (QED) is 0.424. The summed E-state index contributed by atoms with van der Waals surface area (Å²) in [4.78, 5) is 34.7. The Morgan fingerprint density at radius 1 is 1.19 bits per heavy atom. The molecule has 1 aromatic rings. The minimum Gasteiger partial charge on any atom is -0.298 e. The third-order valence-corrected chi connectivity index (χ3v) is 2.41. The van der Waals surface area contributed by atoms with Crippen molar-refractivity contribution < 1.29 is 14.4 Å². The third-order valence-electron chi connectivity index (χ3n) is 2.41. The highest BCUT2D eigenvalue weighted by Crippen LogP contribution is 2.24. The fraction of sp³-hybridized carbons (Fsp3) is 0.0833. The molecule has 1 aromatic carbocycles. The van der Waals surface area contributed by atoms with Crippen LogP contribution in [-0.2, 0) is 9.59 Å². The summed E-state index contributed by atoms with van der Waals surface area (Å²) in [7, 11) is 0. The Morgan fingerprint density at radius 3 is 2.25 bits per heavy atom. The van der Waals surface area contributed by atoms with Crippen LogP contribution in [0.25, 0.3) is 0 Å². The lowest BCUT2D eigenvalue weighted by atomic mass is 10.2. The van der Waals surface area contributed by atoms with Gasteiger partial charge in [0.15, 0.2) is 0 Å². The molecule has 0 atom stereocenters. The summed E-state index contributed by atoms with van der Waals surface area (Å²) >= 11 is 0. The van der Waals surface area contributed by atoms with Crippen LogP contribution in [0.15, 0.2) is 36.4 Å². The van der Waals surface area contributed by atoms with Crippen LogP contribution in [0.2, 0.25) is 0 Å². The molecule has 16 heavy (non-hydrogen) atoms. The molecule has 1 fully saturated rings. The lowest BCUT2D eigenvalue weighted by Gasteiger charge is -2.13. The number of carbonyl (C=O) groups excluding carboxylic acids is 3. The molecule has 4 nitrogen and oxygen atoms in total. The van der Waals surface area contributed by atoms with Crippen molar-refractivity contribution in [2.45, 2.75) is 6.42 Å². The van der Waals surface area contributed by atoms with E-state index in [1.807, 2.05) is 0 Å². The SMILES string of the molecule is C=C1CC(=O)N(c2ccc(C=O)cc2)C1=O. The second kappa shape index (κ2) is 3.73. The molecular weight excluding hydrogens is 206 g/mol. The van der Waals surface area contributed by atoms with Crippen LogP contribution in [-0.4, -0.2) is 18.1 Å². The van der Waals surface area contributed by atoms with Crippen molar-refractivity contribution in [3.63, 3.8) is 0 Å². The zero-order chi connectivity index (χ0) is 11.7. The molecule has 0 radical (unpaired) electrons. The summed E-state index contributed by atoms with van der Waals surface area (Å²) < 4.78 is 0. The summed E-state index contributed by atoms with van der Waals surface area (Å²) in [5.41, 5.74) is 1.27. The molecule has 0 spiro atoms. The number of hydrogen-bond donors (Lipinski definition) is 0. The molecule has 2 rings (SSSR count). The number of amides is 2. The highest BCUT2D eigenvalue weighted by molar-refractivity contribution is 6.27. The van der Waals surface area contributed by atoms with Gasteiger partial charge in [-0.2, -0.15) is 0 Å². The Hall–Kier alpha value is -2.23. The summed E-state index contributed by atoms with van der Waals surface area (Å²) in [5, 5.41) is 0. The number of nitrogens with zero attached hydrogens (tertiary/aromatic N) is 1. The molecule has 1 heterocycles. The zero-order valence-electron chi connectivity index (χ0n) is 8.47. The summed E-state index contributed by atoms with van der Waals surface area (Å²) in [6.45, 7) is 3.53. The van der Waals surface area contributed by atoms with Crippen molar-refractivity contribution in [2.24, 2.45) is 0 Å². The van der Waals surface area contributed by atoms with Gasteiger partial charge in [0.1, 0.15) is 6.29 Å². The van der Waals surface area contributed by atoms with Crippen LogP contribution in [0.3, 0.4) is 0 Å². The van der Waals surface area contributed by atoms with E-state index in [0.29, 0.717) is 23.1 Å². The molecule has 4 heteroatoms. The van der Waals surface area contributed by atoms with E-state index >= 15 is 0 Å². The number of carbonyl (C=O) groups is 3. The van der Waals surface area contributed by atoms with Gasteiger partial charge in [-0.05, 0) is 24.3 Å². The van der Waals surface area contributed by atoms with Gasteiger partial charge in [-0.3, -0.25) is 14.4 Å². The van der Waals surface area contributed by atoms with Crippen molar-refractivity contribution in [3.8, 4) is 0 Å². The van der Waals surface area contributed by atoms with E-state index < -0.39 is 0 Å². The van der Waals surface area contributed by atoms with E-state index in [9.17, 15) is 14.4 Å². The van der Waals surface area contributed by atoms with Crippen molar-refractivity contribution in [1.82, 2.24) is 0 Å². The molecule has 1 aliphatic heterocycles. The first-order chi connectivity index (χ1) is 7.63. The molecule has 1 saturated heterocycles. The van der Waals surface area contributed by atoms with Crippen molar-refractivity contribution in [2.75, 3.05) is 4.90 Å². The monoisotopic (exact) mass is 215 g/mol. The minimum absolute atomic E-state index is 0.0638. The predicted octanol–water partition coefficient (Wildman–Crippen LogP) is 1.32. The van der Waals surface area contributed by atoms with E-state index in [1.165, 1.54) is 0 Å². The van der Waals surface area contributed by atoms with Crippen molar-refractivity contribution >= 4 is 23.8 Å². The Balaban J connectivity index is 2.37. The topological polar surface area (TPSA) is 54.5 Å². The zero-order valence-corrected chi connectivity index (χ0v) is 8.47. The van der Waals surface area contributed by atoms with Gasteiger partial charge in [0.25, 0.3) is 5.91 Å². The van der Waals surface area contributed by atoms with Gasteiger partial charge in [-0.1, -0.05) is 6.58 Å². The standard InChI is InChI=1S/C12H9NO3/c1-8-6-11(15)13(12(8)16)10-4-2-9(7-14)3-5-10/h2-5,7H,1,6H2. The van der Waals surface area contributed by atoms with Crippen LogP contribution in [0, 0.1) is 0 Å². The minimum atomic E-state index is -0.371. The first-order valence-electron chi connectivity index (χ1n) is 4.74. The Bertz CT molecular complexity index is 487. The highest BCUT2D eigenvalue weighted by Gasteiger charge is 2.33. The van der Waals surface area contributed by atoms with E-state index in [-0.39, 0.29) is 18.2 Å². The van der Waals surface area contributed by atoms with Crippen molar-refractivity contribution in [3.05, 3.63) is 42.0 Å². The number of benzene rings is 1. The number of rotatable bonds is 2. The molecule has 0 aliphatic carbocycles.